The van der Waals surface area contributed by atoms with Crippen LogP contribution in [-0.2, 0) is 4.79 Å². The predicted octanol–water partition coefficient (Wildman–Crippen LogP) is 1.01. The van der Waals surface area contributed by atoms with Crippen molar-refractivity contribution in [2.45, 2.75) is 56.7 Å². The Balaban J connectivity index is 1.78. The molecule has 0 aromatic heterocycles. The quantitative estimate of drug-likeness (QED) is 0.458. The number of carboxylic acids is 1. The van der Waals surface area contributed by atoms with Gasteiger partial charge in [-0.15, -0.1) is 0 Å². The van der Waals surface area contributed by atoms with Gasteiger partial charge in [0.25, 0.3) is 0 Å². The molecule has 0 radical (unpaired) electrons. The molecule has 112 valence electrons. The standard InChI is InChI=1S/C14H22N2O4/c17-12-5-3-1-2-4-11(12)16-14(20)15-10-7-6-9(8-10)13(18)19/h6-7,9-12,17H,1-5,8H2,(H,18,19)(H2,15,16,20). The Labute approximate surface area is 118 Å². The van der Waals surface area contributed by atoms with Crippen LogP contribution in [0.2, 0.25) is 0 Å². The highest BCUT2D eigenvalue weighted by Gasteiger charge is 2.27. The van der Waals surface area contributed by atoms with Gasteiger partial charge in [0, 0.05) is 0 Å². The molecule has 0 spiro atoms. The largest absolute Gasteiger partial charge is 0.481 e. The maximum atomic E-state index is 11.9. The van der Waals surface area contributed by atoms with E-state index in [-0.39, 0.29) is 18.1 Å². The fourth-order valence-corrected chi connectivity index (χ4v) is 2.82. The Kier molecular flexibility index (Phi) is 5.00. The molecule has 0 saturated heterocycles. The monoisotopic (exact) mass is 282 g/mol. The predicted molar refractivity (Wildman–Crippen MR) is 73.2 cm³/mol. The van der Waals surface area contributed by atoms with Crippen LogP contribution < -0.4 is 10.6 Å². The van der Waals surface area contributed by atoms with E-state index in [4.69, 9.17) is 5.11 Å². The zero-order valence-electron chi connectivity index (χ0n) is 11.4. The molecule has 4 atom stereocenters. The number of aliphatic hydroxyl groups excluding tert-OH is 1. The smallest absolute Gasteiger partial charge is 0.315 e. The van der Waals surface area contributed by atoms with Crippen molar-refractivity contribution >= 4 is 12.0 Å². The second kappa shape index (κ2) is 6.74. The molecular formula is C14H22N2O4. The summed E-state index contributed by atoms with van der Waals surface area (Å²) in [4.78, 5) is 22.7. The van der Waals surface area contributed by atoms with Gasteiger partial charge in [-0.1, -0.05) is 31.4 Å². The Morgan fingerprint density at radius 1 is 1.05 bits per heavy atom. The van der Waals surface area contributed by atoms with E-state index in [1.165, 1.54) is 0 Å². The lowest BCUT2D eigenvalue weighted by Gasteiger charge is -2.23. The van der Waals surface area contributed by atoms with Crippen LogP contribution >= 0.6 is 0 Å². The van der Waals surface area contributed by atoms with Crippen molar-refractivity contribution in [1.29, 1.82) is 0 Å². The molecule has 2 rings (SSSR count). The zero-order chi connectivity index (χ0) is 14.5. The summed E-state index contributed by atoms with van der Waals surface area (Å²) in [5.74, 6) is -1.39. The molecule has 6 heteroatoms. The number of aliphatic hydroxyl groups is 1. The molecule has 6 nitrogen and oxygen atoms in total. The number of carbonyl (C=O) groups excluding carboxylic acids is 1. The first-order valence-electron chi connectivity index (χ1n) is 7.22. The first-order chi connectivity index (χ1) is 9.56. The number of rotatable bonds is 3. The third kappa shape index (κ3) is 3.96. The van der Waals surface area contributed by atoms with Gasteiger partial charge >= 0.3 is 12.0 Å². The van der Waals surface area contributed by atoms with E-state index in [1.54, 1.807) is 12.2 Å². The van der Waals surface area contributed by atoms with Crippen molar-refractivity contribution in [3.05, 3.63) is 12.2 Å². The molecule has 0 bridgehead atoms. The van der Waals surface area contributed by atoms with E-state index in [0.29, 0.717) is 6.42 Å². The maximum absolute atomic E-state index is 11.9. The minimum absolute atomic E-state index is 0.210. The third-order valence-corrected chi connectivity index (χ3v) is 4.01. The highest BCUT2D eigenvalue weighted by Crippen LogP contribution is 2.19. The minimum Gasteiger partial charge on any atom is -0.481 e. The molecule has 4 N–H and O–H groups in total. The van der Waals surface area contributed by atoms with Crippen molar-refractivity contribution < 1.29 is 19.8 Å². The molecule has 0 aromatic rings. The van der Waals surface area contributed by atoms with E-state index in [1.807, 2.05) is 0 Å². The highest BCUT2D eigenvalue weighted by molar-refractivity contribution is 5.76. The second-order valence-electron chi connectivity index (χ2n) is 5.60. The molecule has 0 aromatic carbocycles. The van der Waals surface area contributed by atoms with E-state index < -0.39 is 18.0 Å². The molecule has 2 aliphatic rings. The van der Waals surface area contributed by atoms with E-state index in [9.17, 15) is 14.7 Å². The number of hydrogen-bond donors (Lipinski definition) is 4. The summed E-state index contributed by atoms with van der Waals surface area (Å²) >= 11 is 0. The van der Waals surface area contributed by atoms with Crippen molar-refractivity contribution in [2.75, 3.05) is 0 Å². The summed E-state index contributed by atoms with van der Waals surface area (Å²) in [5.41, 5.74) is 0. The van der Waals surface area contributed by atoms with Gasteiger partial charge < -0.3 is 20.8 Å². The fraction of sp³-hybridized carbons (Fsp3) is 0.714. The number of carbonyl (C=O) groups is 2. The van der Waals surface area contributed by atoms with Crippen LogP contribution in [0.15, 0.2) is 12.2 Å². The summed E-state index contributed by atoms with van der Waals surface area (Å²) in [6.45, 7) is 0. The molecule has 4 unspecified atom stereocenters. The van der Waals surface area contributed by atoms with Crippen LogP contribution in [-0.4, -0.2) is 40.4 Å². The Morgan fingerprint density at radius 3 is 2.50 bits per heavy atom. The molecule has 2 amide bonds. The lowest BCUT2D eigenvalue weighted by molar-refractivity contribution is -0.140. The van der Waals surface area contributed by atoms with E-state index >= 15 is 0 Å². The van der Waals surface area contributed by atoms with Gasteiger partial charge in [0.1, 0.15) is 0 Å². The number of amides is 2. The van der Waals surface area contributed by atoms with Crippen LogP contribution in [0.5, 0.6) is 0 Å². The normalized spacial score (nSPS) is 33.5. The second-order valence-corrected chi connectivity index (χ2v) is 5.60. The summed E-state index contributed by atoms with van der Waals surface area (Å²) in [7, 11) is 0. The first-order valence-corrected chi connectivity index (χ1v) is 7.22. The number of hydrogen-bond acceptors (Lipinski definition) is 3. The third-order valence-electron chi connectivity index (χ3n) is 4.01. The zero-order valence-corrected chi connectivity index (χ0v) is 11.4. The maximum Gasteiger partial charge on any atom is 0.315 e. The molecular weight excluding hydrogens is 260 g/mol. The topological polar surface area (TPSA) is 98.7 Å². The van der Waals surface area contributed by atoms with Crippen molar-refractivity contribution in [2.24, 2.45) is 5.92 Å². The van der Waals surface area contributed by atoms with Gasteiger partial charge in [-0.05, 0) is 19.3 Å². The number of aliphatic carboxylic acids is 1. The van der Waals surface area contributed by atoms with Gasteiger partial charge in [0.05, 0.1) is 24.1 Å². The first kappa shape index (κ1) is 14.8. The Bertz CT molecular complexity index is 397. The molecule has 0 heterocycles. The van der Waals surface area contributed by atoms with Crippen molar-refractivity contribution in [3.63, 3.8) is 0 Å². The summed E-state index contributed by atoms with van der Waals surface area (Å²) < 4.78 is 0. The van der Waals surface area contributed by atoms with Crippen molar-refractivity contribution in [3.8, 4) is 0 Å². The Hall–Kier alpha value is -1.56. The van der Waals surface area contributed by atoms with Gasteiger partial charge in [-0.3, -0.25) is 4.79 Å². The van der Waals surface area contributed by atoms with Gasteiger partial charge in [0.2, 0.25) is 0 Å². The summed E-state index contributed by atoms with van der Waals surface area (Å²) in [5, 5.41) is 24.4. The van der Waals surface area contributed by atoms with E-state index in [2.05, 4.69) is 10.6 Å². The lowest BCUT2D eigenvalue weighted by Crippen LogP contribution is -2.49. The van der Waals surface area contributed by atoms with Gasteiger partial charge in [-0.2, -0.15) is 0 Å². The van der Waals surface area contributed by atoms with Crippen LogP contribution in [0.4, 0.5) is 4.79 Å². The average molecular weight is 282 g/mol. The van der Waals surface area contributed by atoms with Crippen LogP contribution in [0, 0.1) is 5.92 Å². The number of carboxylic acid groups (broad SMARTS) is 1. The summed E-state index contributed by atoms with van der Waals surface area (Å²) in [6.07, 6.45) is 7.80. The van der Waals surface area contributed by atoms with Crippen LogP contribution in [0.25, 0.3) is 0 Å². The fourth-order valence-electron chi connectivity index (χ4n) is 2.82. The summed E-state index contributed by atoms with van der Waals surface area (Å²) in [6, 6.07) is -0.797. The SMILES string of the molecule is O=C(NC1C=CC(C(=O)O)C1)NC1CCCCCC1O. The molecule has 20 heavy (non-hydrogen) atoms. The van der Waals surface area contributed by atoms with Crippen LogP contribution in [0.3, 0.4) is 0 Å². The van der Waals surface area contributed by atoms with E-state index in [0.717, 1.165) is 32.1 Å². The molecule has 2 aliphatic carbocycles. The molecule has 0 aliphatic heterocycles. The van der Waals surface area contributed by atoms with Crippen molar-refractivity contribution in [1.82, 2.24) is 10.6 Å². The average Bonchev–Trinajstić information content (AvgIpc) is 2.76. The minimum atomic E-state index is -0.870. The number of urea groups is 1. The molecule has 1 saturated carbocycles. The molecule has 1 fully saturated rings. The lowest BCUT2D eigenvalue weighted by atomic mass is 10.1. The van der Waals surface area contributed by atoms with Crippen LogP contribution in [0.1, 0.15) is 38.5 Å². The van der Waals surface area contributed by atoms with Gasteiger partial charge in [0.15, 0.2) is 0 Å². The van der Waals surface area contributed by atoms with Gasteiger partial charge in [-0.25, -0.2) is 4.79 Å². The number of nitrogens with one attached hydrogen (secondary N) is 2. The highest BCUT2D eigenvalue weighted by atomic mass is 16.4. The Morgan fingerprint density at radius 2 is 1.80 bits per heavy atom.